The third-order valence-electron chi connectivity index (χ3n) is 5.25. The highest BCUT2D eigenvalue weighted by atomic mass is 127. The Morgan fingerprint density at radius 2 is 1.84 bits per heavy atom. The fourth-order valence-corrected chi connectivity index (χ4v) is 3.61. The van der Waals surface area contributed by atoms with Crippen LogP contribution in [0.2, 0.25) is 0 Å². The predicted octanol–water partition coefficient (Wildman–Crippen LogP) is 3.05. The summed E-state index contributed by atoms with van der Waals surface area (Å²) in [4.78, 5) is 21.3. The maximum Gasteiger partial charge on any atom is 0.289 e. The van der Waals surface area contributed by atoms with Gasteiger partial charge in [-0.1, -0.05) is 18.2 Å². The molecule has 0 spiro atoms. The first-order valence-corrected chi connectivity index (χ1v) is 10.7. The number of guanidine groups is 1. The molecule has 3 heterocycles. The number of aromatic nitrogens is 2. The molecule has 9 heteroatoms. The first-order chi connectivity index (χ1) is 15.2. The zero-order chi connectivity index (χ0) is 21.5. The standard InChI is InChI=1S/C23H28N6O2.HI/c1-2-24-23(28-14-12-27(13-15-28)22(30)21-9-6-16-31-21)25-11-10-19-17-26-29(18-19)20-7-4-3-5-8-20;/h3-9,16-18H,2,10-15H2,1H3,(H,24,25);1H. The lowest BCUT2D eigenvalue weighted by Crippen LogP contribution is -2.53. The van der Waals surface area contributed by atoms with E-state index in [2.05, 4.69) is 28.4 Å². The van der Waals surface area contributed by atoms with Gasteiger partial charge >= 0.3 is 0 Å². The number of aliphatic imine (C=N–C) groups is 1. The van der Waals surface area contributed by atoms with Crippen LogP contribution in [0.5, 0.6) is 0 Å². The molecule has 0 aliphatic carbocycles. The number of para-hydroxylation sites is 1. The summed E-state index contributed by atoms with van der Waals surface area (Å²) in [6.07, 6.45) is 6.30. The van der Waals surface area contributed by atoms with Crippen molar-refractivity contribution < 1.29 is 9.21 Å². The lowest BCUT2D eigenvalue weighted by molar-refractivity contribution is 0.0657. The lowest BCUT2D eigenvalue weighted by atomic mass is 10.2. The molecule has 4 rings (SSSR count). The maximum atomic E-state index is 12.5. The Morgan fingerprint density at radius 3 is 2.53 bits per heavy atom. The topological polar surface area (TPSA) is 78.9 Å². The van der Waals surface area contributed by atoms with E-state index in [1.807, 2.05) is 46.1 Å². The fourth-order valence-electron chi connectivity index (χ4n) is 3.61. The Kier molecular flexibility index (Phi) is 8.72. The molecule has 8 nitrogen and oxygen atoms in total. The quantitative estimate of drug-likeness (QED) is 0.291. The van der Waals surface area contributed by atoms with Crippen molar-refractivity contribution in [1.29, 1.82) is 0 Å². The van der Waals surface area contributed by atoms with Crippen LogP contribution in [0.25, 0.3) is 5.69 Å². The fraction of sp³-hybridized carbons (Fsp3) is 0.348. The second kappa shape index (κ2) is 11.7. The van der Waals surface area contributed by atoms with E-state index in [9.17, 15) is 4.79 Å². The molecule has 0 saturated carbocycles. The number of carbonyl (C=O) groups is 1. The highest BCUT2D eigenvalue weighted by molar-refractivity contribution is 14.0. The van der Waals surface area contributed by atoms with Crippen molar-refractivity contribution in [3.05, 3.63) is 72.4 Å². The lowest BCUT2D eigenvalue weighted by Gasteiger charge is -2.36. The Labute approximate surface area is 205 Å². The number of halogens is 1. The molecule has 32 heavy (non-hydrogen) atoms. The molecule has 1 amide bonds. The molecule has 170 valence electrons. The van der Waals surface area contributed by atoms with Crippen molar-refractivity contribution in [2.24, 2.45) is 4.99 Å². The SMILES string of the molecule is CCNC(=NCCc1cnn(-c2ccccc2)c1)N1CCN(C(=O)c2ccco2)CC1.I. The monoisotopic (exact) mass is 548 g/mol. The molecular formula is C23H29IN6O2. The molecule has 2 aromatic heterocycles. The third kappa shape index (κ3) is 5.90. The van der Waals surface area contributed by atoms with Crippen LogP contribution in [-0.2, 0) is 6.42 Å². The zero-order valence-electron chi connectivity index (χ0n) is 18.2. The van der Waals surface area contributed by atoms with E-state index in [4.69, 9.17) is 9.41 Å². The molecule has 1 aromatic carbocycles. The van der Waals surface area contributed by atoms with Crippen LogP contribution < -0.4 is 5.32 Å². The van der Waals surface area contributed by atoms with Gasteiger partial charge in [-0.25, -0.2) is 4.68 Å². The third-order valence-corrected chi connectivity index (χ3v) is 5.25. The van der Waals surface area contributed by atoms with Gasteiger partial charge in [0.25, 0.3) is 5.91 Å². The van der Waals surface area contributed by atoms with Gasteiger partial charge in [0.2, 0.25) is 0 Å². The maximum absolute atomic E-state index is 12.5. The van der Waals surface area contributed by atoms with Crippen molar-refractivity contribution in [2.45, 2.75) is 13.3 Å². The van der Waals surface area contributed by atoms with Crippen LogP contribution in [0, 0.1) is 0 Å². The molecule has 0 unspecified atom stereocenters. The number of benzene rings is 1. The number of piperazine rings is 1. The highest BCUT2D eigenvalue weighted by Crippen LogP contribution is 2.11. The minimum atomic E-state index is -0.0537. The number of hydrogen-bond acceptors (Lipinski definition) is 4. The molecule has 1 aliphatic heterocycles. The second-order valence-corrected chi connectivity index (χ2v) is 7.37. The Bertz CT molecular complexity index is 995. The van der Waals surface area contributed by atoms with Gasteiger partial charge in [-0.15, -0.1) is 24.0 Å². The number of nitrogens with zero attached hydrogens (tertiary/aromatic N) is 5. The Morgan fingerprint density at radius 1 is 1.09 bits per heavy atom. The number of rotatable bonds is 6. The van der Waals surface area contributed by atoms with Gasteiger partial charge < -0.3 is 19.5 Å². The molecule has 1 N–H and O–H groups in total. The van der Waals surface area contributed by atoms with E-state index in [1.54, 1.807) is 12.1 Å². The van der Waals surface area contributed by atoms with E-state index in [0.29, 0.717) is 25.4 Å². The summed E-state index contributed by atoms with van der Waals surface area (Å²) >= 11 is 0. The molecule has 1 aliphatic rings. The highest BCUT2D eigenvalue weighted by Gasteiger charge is 2.25. The van der Waals surface area contributed by atoms with Crippen LogP contribution in [0.15, 0.2) is 70.5 Å². The van der Waals surface area contributed by atoms with Crippen LogP contribution in [-0.4, -0.2) is 70.7 Å². The second-order valence-electron chi connectivity index (χ2n) is 7.37. The van der Waals surface area contributed by atoms with Gasteiger partial charge in [0.05, 0.1) is 18.1 Å². The number of carbonyl (C=O) groups excluding carboxylic acids is 1. The van der Waals surface area contributed by atoms with Gasteiger partial charge in [-0.2, -0.15) is 5.10 Å². The van der Waals surface area contributed by atoms with Crippen molar-refractivity contribution in [2.75, 3.05) is 39.3 Å². The summed E-state index contributed by atoms with van der Waals surface area (Å²) < 4.78 is 7.13. The molecular weight excluding hydrogens is 519 g/mol. The van der Waals surface area contributed by atoms with Crippen LogP contribution in [0.1, 0.15) is 23.0 Å². The Balaban J connectivity index is 0.00000289. The molecule has 3 aromatic rings. The van der Waals surface area contributed by atoms with E-state index in [1.165, 1.54) is 6.26 Å². The van der Waals surface area contributed by atoms with Gasteiger partial charge in [-0.05, 0) is 43.2 Å². The van der Waals surface area contributed by atoms with Gasteiger partial charge in [0, 0.05) is 45.5 Å². The van der Waals surface area contributed by atoms with Gasteiger partial charge in [0.15, 0.2) is 11.7 Å². The smallest absolute Gasteiger partial charge is 0.289 e. The van der Waals surface area contributed by atoms with Gasteiger partial charge in [-0.3, -0.25) is 9.79 Å². The summed E-state index contributed by atoms with van der Waals surface area (Å²) in [6, 6.07) is 13.5. The largest absolute Gasteiger partial charge is 0.459 e. The van der Waals surface area contributed by atoms with Crippen LogP contribution in [0.3, 0.4) is 0 Å². The van der Waals surface area contributed by atoms with Crippen LogP contribution >= 0.6 is 24.0 Å². The first kappa shape index (κ1) is 23.8. The molecule has 0 bridgehead atoms. The molecule has 0 atom stereocenters. The van der Waals surface area contributed by atoms with Crippen molar-refractivity contribution in [1.82, 2.24) is 24.9 Å². The van der Waals surface area contributed by atoms with E-state index >= 15 is 0 Å². The van der Waals surface area contributed by atoms with Crippen molar-refractivity contribution >= 4 is 35.8 Å². The normalized spacial score (nSPS) is 14.2. The van der Waals surface area contributed by atoms with Gasteiger partial charge in [0.1, 0.15) is 0 Å². The van der Waals surface area contributed by atoms with E-state index < -0.39 is 0 Å². The summed E-state index contributed by atoms with van der Waals surface area (Å²) in [5, 5.41) is 7.83. The first-order valence-electron chi connectivity index (χ1n) is 10.7. The van der Waals surface area contributed by atoms with Crippen molar-refractivity contribution in [3.63, 3.8) is 0 Å². The Hall–Kier alpha value is -2.82. The minimum absolute atomic E-state index is 0. The predicted molar refractivity (Wildman–Crippen MR) is 135 cm³/mol. The number of furan rings is 1. The summed E-state index contributed by atoms with van der Waals surface area (Å²) in [7, 11) is 0. The molecule has 0 radical (unpaired) electrons. The number of hydrogen-bond donors (Lipinski definition) is 1. The number of nitrogens with one attached hydrogen (secondary N) is 1. The minimum Gasteiger partial charge on any atom is -0.459 e. The van der Waals surface area contributed by atoms with Crippen molar-refractivity contribution in [3.8, 4) is 5.69 Å². The van der Waals surface area contributed by atoms with Crippen LogP contribution in [0.4, 0.5) is 0 Å². The average molecular weight is 548 g/mol. The summed E-state index contributed by atoms with van der Waals surface area (Å²) in [5.74, 6) is 1.23. The summed E-state index contributed by atoms with van der Waals surface area (Å²) in [6.45, 7) is 6.32. The molecule has 1 saturated heterocycles. The number of amides is 1. The zero-order valence-corrected chi connectivity index (χ0v) is 20.5. The van der Waals surface area contributed by atoms with E-state index in [-0.39, 0.29) is 29.9 Å². The summed E-state index contributed by atoms with van der Waals surface area (Å²) in [5.41, 5.74) is 2.20. The average Bonchev–Trinajstić information content (AvgIpc) is 3.51. The molecule has 1 fully saturated rings. The van der Waals surface area contributed by atoms with E-state index in [0.717, 1.165) is 43.3 Å².